The Morgan fingerprint density at radius 1 is 1.42 bits per heavy atom. The zero-order valence-electron chi connectivity index (χ0n) is 18.6. The summed E-state index contributed by atoms with van der Waals surface area (Å²) in [6, 6.07) is 9.24. The highest BCUT2D eigenvalue weighted by Crippen LogP contribution is 2.28. The monoisotopic (exact) mass is 443 g/mol. The van der Waals surface area contributed by atoms with E-state index in [0.717, 1.165) is 28.9 Å². The van der Waals surface area contributed by atoms with Crippen LogP contribution in [0.25, 0.3) is 16.6 Å². The molecule has 1 aliphatic heterocycles. The fourth-order valence-electron chi connectivity index (χ4n) is 4.10. The number of hydrogen-bond donors (Lipinski definition) is 3. The average Bonchev–Trinajstić information content (AvgIpc) is 3.48. The van der Waals surface area contributed by atoms with Crippen molar-refractivity contribution in [3.63, 3.8) is 0 Å². The van der Waals surface area contributed by atoms with Gasteiger partial charge in [0.25, 0.3) is 5.91 Å². The van der Waals surface area contributed by atoms with Crippen molar-refractivity contribution in [3.05, 3.63) is 64.9 Å². The van der Waals surface area contributed by atoms with Gasteiger partial charge in [0.2, 0.25) is 0 Å². The van der Waals surface area contributed by atoms with Gasteiger partial charge in [-0.3, -0.25) is 4.79 Å². The maximum absolute atomic E-state index is 13.1. The molecule has 0 radical (unpaired) electrons. The highest BCUT2D eigenvalue weighted by atomic mass is 16.5. The molecule has 3 heterocycles. The lowest BCUT2D eigenvalue weighted by atomic mass is 10.0. The molecule has 4 rings (SSSR count). The lowest BCUT2D eigenvalue weighted by Crippen LogP contribution is -2.24. The third-order valence-electron chi connectivity index (χ3n) is 5.69. The summed E-state index contributed by atoms with van der Waals surface area (Å²) in [5.74, 6) is 0.783. The van der Waals surface area contributed by atoms with Crippen LogP contribution in [0.1, 0.15) is 45.3 Å². The zero-order valence-corrected chi connectivity index (χ0v) is 18.6. The first-order valence-corrected chi connectivity index (χ1v) is 10.6. The van der Waals surface area contributed by atoms with E-state index in [4.69, 9.17) is 15.1 Å². The fraction of sp³-hybridized carbons (Fsp3) is 0.292. The van der Waals surface area contributed by atoms with Gasteiger partial charge in [-0.15, -0.1) is 0 Å². The molecule has 3 N–H and O–H groups in total. The lowest BCUT2D eigenvalue weighted by molar-refractivity contribution is 0.0947. The Bertz CT molecular complexity index is 1280. The number of nitrogens with one attached hydrogen (secondary N) is 3. The van der Waals surface area contributed by atoms with Crippen LogP contribution in [-0.2, 0) is 18.3 Å². The Balaban J connectivity index is 1.60. The second-order valence-electron chi connectivity index (χ2n) is 7.86. The number of fused-ring (bicyclic) bond motifs is 1. The third kappa shape index (κ3) is 4.47. The second-order valence-corrected chi connectivity index (χ2v) is 7.86. The van der Waals surface area contributed by atoms with E-state index >= 15 is 0 Å². The van der Waals surface area contributed by atoms with Gasteiger partial charge in [-0.1, -0.05) is 0 Å². The van der Waals surface area contributed by atoms with Gasteiger partial charge in [-0.05, 0) is 41.8 Å². The van der Waals surface area contributed by atoms with E-state index in [1.807, 2.05) is 17.7 Å². The molecule has 0 aliphatic carbocycles. The topological polar surface area (TPSA) is 129 Å². The predicted molar refractivity (Wildman–Crippen MR) is 125 cm³/mol. The number of amides is 1. The predicted octanol–water partition coefficient (Wildman–Crippen LogP) is 2.48. The highest BCUT2D eigenvalue weighted by Gasteiger charge is 2.25. The van der Waals surface area contributed by atoms with E-state index in [2.05, 4.69) is 21.7 Å². The summed E-state index contributed by atoms with van der Waals surface area (Å²) in [4.78, 5) is 22.1. The number of aromatic nitrogens is 3. The number of nitrogens with zero attached hydrogens (tertiary/aromatic N) is 4. The molecule has 0 bridgehead atoms. The summed E-state index contributed by atoms with van der Waals surface area (Å²) in [7, 11) is 3.65. The number of rotatable bonds is 7. The standard InChI is InChI=1S/C24H25N7O2/c1-27-13-19(11-26)18-8-15(10-25)7-16(9-18)12-29-24(32)21-22-20(3-5-28-21)30-23(31(22)2)17-4-6-33-14-17/h3,5,7-9,11,13,17,26-27H,4,6,12,14H2,1-2H3,(H,29,32)/b19-13+,26-11?. The van der Waals surface area contributed by atoms with Crippen molar-refractivity contribution >= 4 is 28.7 Å². The number of allylic oxidation sites excluding steroid dienone is 1. The Morgan fingerprint density at radius 3 is 2.97 bits per heavy atom. The third-order valence-corrected chi connectivity index (χ3v) is 5.69. The molecule has 1 saturated heterocycles. The summed E-state index contributed by atoms with van der Waals surface area (Å²) in [5, 5.41) is 22.9. The Labute approximate surface area is 191 Å². The van der Waals surface area contributed by atoms with Gasteiger partial charge in [0.15, 0.2) is 5.69 Å². The number of hydrogen-bond acceptors (Lipinski definition) is 7. The molecule has 9 nitrogen and oxygen atoms in total. The number of pyridine rings is 1. The first kappa shape index (κ1) is 22.2. The summed E-state index contributed by atoms with van der Waals surface area (Å²) in [5.41, 5.74) is 4.27. The Kier molecular flexibility index (Phi) is 6.47. The maximum Gasteiger partial charge on any atom is 0.272 e. The van der Waals surface area contributed by atoms with Crippen LogP contribution in [0, 0.1) is 16.7 Å². The van der Waals surface area contributed by atoms with E-state index in [0.29, 0.717) is 35.6 Å². The largest absolute Gasteiger partial charge is 0.393 e. The SMILES string of the molecule is CN/C=C(\C=N)c1cc(C#N)cc(CNC(=O)c2nccc3nc(C4CCOC4)n(C)c23)c1. The quantitative estimate of drug-likeness (QED) is 0.481. The van der Waals surface area contributed by atoms with Gasteiger partial charge in [-0.2, -0.15) is 5.26 Å². The molecule has 1 atom stereocenters. The molecule has 33 heavy (non-hydrogen) atoms. The zero-order chi connectivity index (χ0) is 23.4. The Hall–Kier alpha value is -4.03. The molecule has 1 aromatic carbocycles. The van der Waals surface area contributed by atoms with E-state index in [1.165, 1.54) is 6.21 Å². The fourth-order valence-corrected chi connectivity index (χ4v) is 4.10. The van der Waals surface area contributed by atoms with Gasteiger partial charge in [0.05, 0.1) is 29.3 Å². The summed E-state index contributed by atoms with van der Waals surface area (Å²) >= 11 is 0. The van der Waals surface area contributed by atoms with E-state index in [9.17, 15) is 10.1 Å². The van der Waals surface area contributed by atoms with Crippen molar-refractivity contribution in [2.24, 2.45) is 7.05 Å². The van der Waals surface area contributed by atoms with Crippen LogP contribution < -0.4 is 10.6 Å². The second kappa shape index (κ2) is 9.63. The minimum Gasteiger partial charge on any atom is -0.393 e. The van der Waals surface area contributed by atoms with Crippen molar-refractivity contribution in [2.75, 3.05) is 20.3 Å². The molecule has 1 aliphatic rings. The molecule has 9 heteroatoms. The minimum absolute atomic E-state index is 0.208. The highest BCUT2D eigenvalue weighted by molar-refractivity contribution is 6.08. The van der Waals surface area contributed by atoms with E-state index < -0.39 is 0 Å². The number of imidazole rings is 1. The number of ether oxygens (including phenoxy) is 1. The van der Waals surface area contributed by atoms with Crippen LogP contribution >= 0.6 is 0 Å². The van der Waals surface area contributed by atoms with Crippen molar-refractivity contribution in [1.29, 1.82) is 10.7 Å². The molecule has 1 fully saturated rings. The average molecular weight is 444 g/mol. The summed E-state index contributed by atoms with van der Waals surface area (Å²) < 4.78 is 7.44. The van der Waals surface area contributed by atoms with E-state index in [1.54, 1.807) is 37.6 Å². The summed E-state index contributed by atoms with van der Waals surface area (Å²) in [6.07, 6.45) is 5.40. The van der Waals surface area contributed by atoms with E-state index in [-0.39, 0.29) is 18.4 Å². The van der Waals surface area contributed by atoms with Crippen molar-refractivity contribution in [1.82, 2.24) is 25.2 Å². The van der Waals surface area contributed by atoms with Crippen LogP contribution in [0.2, 0.25) is 0 Å². The molecular weight excluding hydrogens is 418 g/mol. The van der Waals surface area contributed by atoms with Gasteiger partial charge in [0, 0.05) is 57.3 Å². The number of benzene rings is 1. The minimum atomic E-state index is -0.320. The van der Waals surface area contributed by atoms with Crippen LogP contribution in [0.5, 0.6) is 0 Å². The maximum atomic E-state index is 13.1. The van der Waals surface area contributed by atoms with Crippen molar-refractivity contribution in [2.45, 2.75) is 18.9 Å². The smallest absolute Gasteiger partial charge is 0.272 e. The molecule has 168 valence electrons. The molecule has 0 saturated carbocycles. The molecule has 2 aromatic heterocycles. The molecule has 0 spiro atoms. The van der Waals surface area contributed by atoms with Crippen molar-refractivity contribution in [3.8, 4) is 6.07 Å². The number of aryl methyl sites for hydroxylation is 1. The molecule has 3 aromatic rings. The first-order chi connectivity index (χ1) is 16.0. The van der Waals surface area contributed by atoms with Crippen LogP contribution in [-0.4, -0.2) is 46.9 Å². The van der Waals surface area contributed by atoms with Gasteiger partial charge in [-0.25, -0.2) is 9.97 Å². The molecule has 1 amide bonds. The van der Waals surface area contributed by atoms with Gasteiger partial charge >= 0.3 is 0 Å². The van der Waals surface area contributed by atoms with Crippen LogP contribution in [0.4, 0.5) is 0 Å². The number of carbonyl (C=O) groups is 1. The van der Waals surface area contributed by atoms with Crippen LogP contribution in [0.3, 0.4) is 0 Å². The first-order valence-electron chi connectivity index (χ1n) is 10.6. The number of carbonyl (C=O) groups excluding carboxylic acids is 1. The van der Waals surface area contributed by atoms with Gasteiger partial charge in [0.1, 0.15) is 5.82 Å². The molecular formula is C24H25N7O2. The summed E-state index contributed by atoms with van der Waals surface area (Å²) in [6.45, 7) is 1.56. The van der Waals surface area contributed by atoms with Gasteiger partial charge < -0.3 is 25.3 Å². The molecule has 1 unspecified atom stereocenters. The normalized spacial score (nSPS) is 15.9. The lowest BCUT2D eigenvalue weighted by Gasteiger charge is -2.11. The number of nitriles is 1. The Morgan fingerprint density at radius 2 is 2.27 bits per heavy atom. The van der Waals surface area contributed by atoms with Crippen LogP contribution in [0.15, 0.2) is 36.7 Å². The van der Waals surface area contributed by atoms with Crippen molar-refractivity contribution < 1.29 is 9.53 Å².